The summed E-state index contributed by atoms with van der Waals surface area (Å²) in [7, 11) is 0. The molecule has 1 saturated heterocycles. The molecule has 1 aromatic carbocycles. The van der Waals surface area contributed by atoms with E-state index >= 15 is 0 Å². The number of benzene rings is 1. The van der Waals surface area contributed by atoms with E-state index in [0.29, 0.717) is 17.5 Å². The molecule has 3 nitrogen and oxygen atoms in total. The van der Waals surface area contributed by atoms with E-state index in [-0.39, 0.29) is 12.4 Å². The van der Waals surface area contributed by atoms with E-state index in [9.17, 15) is 0 Å². The van der Waals surface area contributed by atoms with Gasteiger partial charge in [0.1, 0.15) is 5.75 Å². The predicted molar refractivity (Wildman–Crippen MR) is 82.3 cm³/mol. The molecule has 0 unspecified atom stereocenters. The smallest absolute Gasteiger partial charge is 0.137 e. The van der Waals surface area contributed by atoms with Crippen molar-refractivity contribution in [1.29, 1.82) is 0 Å². The molecule has 108 valence electrons. The average molecular weight is 305 g/mol. The van der Waals surface area contributed by atoms with Crippen LogP contribution in [0.4, 0.5) is 0 Å². The van der Waals surface area contributed by atoms with Crippen LogP contribution in [0.5, 0.6) is 5.75 Å². The second kappa shape index (κ2) is 7.95. The van der Waals surface area contributed by atoms with Gasteiger partial charge in [0.25, 0.3) is 0 Å². The molecule has 19 heavy (non-hydrogen) atoms. The second-order valence-electron chi connectivity index (χ2n) is 4.82. The van der Waals surface area contributed by atoms with Crippen molar-refractivity contribution in [2.24, 2.45) is 11.7 Å². The van der Waals surface area contributed by atoms with E-state index in [2.05, 4.69) is 11.0 Å². The van der Waals surface area contributed by atoms with Crippen molar-refractivity contribution >= 4 is 24.0 Å². The summed E-state index contributed by atoms with van der Waals surface area (Å²) in [6.07, 6.45) is 1.21. The highest BCUT2D eigenvalue weighted by Gasteiger charge is 2.21. The molecule has 2 N–H and O–H groups in total. The second-order valence-corrected chi connectivity index (χ2v) is 5.23. The van der Waals surface area contributed by atoms with Crippen molar-refractivity contribution in [2.45, 2.75) is 19.9 Å². The number of halogens is 2. The Morgan fingerprint density at radius 3 is 2.84 bits per heavy atom. The lowest BCUT2D eigenvalue weighted by molar-refractivity contribution is 0.317. The van der Waals surface area contributed by atoms with Crippen molar-refractivity contribution in [3.63, 3.8) is 0 Å². The summed E-state index contributed by atoms with van der Waals surface area (Å²) < 4.78 is 5.43. The van der Waals surface area contributed by atoms with Crippen LogP contribution in [-0.2, 0) is 6.54 Å². The van der Waals surface area contributed by atoms with Crippen LogP contribution in [-0.4, -0.2) is 31.1 Å². The molecule has 0 aromatic heterocycles. The molecule has 5 heteroatoms. The zero-order valence-corrected chi connectivity index (χ0v) is 12.8. The van der Waals surface area contributed by atoms with Gasteiger partial charge in [-0.05, 0) is 50.0 Å². The monoisotopic (exact) mass is 304 g/mol. The van der Waals surface area contributed by atoms with Gasteiger partial charge in [-0.25, -0.2) is 0 Å². The quantitative estimate of drug-likeness (QED) is 0.909. The number of likely N-dealkylation sites (tertiary alicyclic amines) is 1. The molecule has 1 heterocycles. The maximum absolute atomic E-state index is 6.19. The normalized spacial score (nSPS) is 19.2. The summed E-state index contributed by atoms with van der Waals surface area (Å²) in [5, 5.41) is 0.698. The van der Waals surface area contributed by atoms with Crippen molar-refractivity contribution < 1.29 is 4.74 Å². The van der Waals surface area contributed by atoms with Crippen LogP contribution < -0.4 is 10.5 Å². The fourth-order valence-corrected chi connectivity index (χ4v) is 2.68. The van der Waals surface area contributed by atoms with Crippen LogP contribution >= 0.6 is 24.0 Å². The largest absolute Gasteiger partial charge is 0.492 e. The maximum atomic E-state index is 6.19. The maximum Gasteiger partial charge on any atom is 0.137 e. The third-order valence-electron chi connectivity index (χ3n) is 3.41. The minimum absolute atomic E-state index is 0. The summed E-state index contributed by atoms with van der Waals surface area (Å²) in [4.78, 5) is 2.43. The highest BCUT2D eigenvalue weighted by molar-refractivity contribution is 6.32. The van der Waals surface area contributed by atoms with Crippen LogP contribution in [0.2, 0.25) is 5.02 Å². The Morgan fingerprint density at radius 2 is 2.26 bits per heavy atom. The van der Waals surface area contributed by atoms with Crippen molar-refractivity contribution in [1.82, 2.24) is 4.90 Å². The van der Waals surface area contributed by atoms with E-state index in [1.165, 1.54) is 12.0 Å². The molecule has 0 amide bonds. The zero-order valence-electron chi connectivity index (χ0n) is 11.3. The zero-order chi connectivity index (χ0) is 13.0. The van der Waals surface area contributed by atoms with Gasteiger partial charge < -0.3 is 10.5 Å². The van der Waals surface area contributed by atoms with Gasteiger partial charge in [0.2, 0.25) is 0 Å². The van der Waals surface area contributed by atoms with Crippen LogP contribution in [0.3, 0.4) is 0 Å². The van der Waals surface area contributed by atoms with E-state index in [0.717, 1.165) is 31.9 Å². The summed E-state index contributed by atoms with van der Waals surface area (Å²) >= 11 is 6.19. The summed E-state index contributed by atoms with van der Waals surface area (Å²) in [6, 6.07) is 6.05. The first kappa shape index (κ1) is 16.6. The van der Waals surface area contributed by atoms with E-state index < -0.39 is 0 Å². The van der Waals surface area contributed by atoms with Crippen LogP contribution in [0.15, 0.2) is 18.2 Å². The molecule has 0 radical (unpaired) electrons. The highest BCUT2D eigenvalue weighted by Crippen LogP contribution is 2.27. The van der Waals surface area contributed by atoms with Gasteiger partial charge in [-0.15, -0.1) is 12.4 Å². The number of nitrogens with zero attached hydrogens (tertiary/aromatic N) is 1. The molecule has 1 aliphatic heterocycles. The molecule has 0 spiro atoms. The van der Waals surface area contributed by atoms with E-state index in [4.69, 9.17) is 22.1 Å². The minimum Gasteiger partial charge on any atom is -0.492 e. The summed E-state index contributed by atoms with van der Waals surface area (Å²) in [5.74, 6) is 1.42. The topological polar surface area (TPSA) is 38.5 Å². The fourth-order valence-electron chi connectivity index (χ4n) is 2.42. The lowest BCUT2D eigenvalue weighted by Gasteiger charge is -2.16. The molecule has 1 atom stereocenters. The summed E-state index contributed by atoms with van der Waals surface area (Å²) in [6.45, 7) is 6.57. The molecule has 0 aliphatic carbocycles. The number of nitrogens with two attached hydrogens (primary N) is 1. The Bertz CT molecular complexity index is 401. The number of hydrogen-bond acceptors (Lipinski definition) is 3. The van der Waals surface area contributed by atoms with Gasteiger partial charge in [-0.1, -0.05) is 17.7 Å². The Hall–Kier alpha value is -0.480. The molecule has 0 saturated carbocycles. The molecule has 0 bridgehead atoms. The molecule has 1 aromatic rings. The van der Waals surface area contributed by atoms with Gasteiger partial charge in [0.05, 0.1) is 11.6 Å². The van der Waals surface area contributed by atoms with Crippen LogP contribution in [0, 0.1) is 5.92 Å². The Morgan fingerprint density at radius 1 is 1.47 bits per heavy atom. The van der Waals surface area contributed by atoms with Gasteiger partial charge in [-0.2, -0.15) is 0 Å². The van der Waals surface area contributed by atoms with Gasteiger partial charge in [-0.3, -0.25) is 4.90 Å². The highest BCUT2D eigenvalue weighted by atomic mass is 35.5. The first-order valence-corrected chi connectivity index (χ1v) is 6.94. The predicted octanol–water partition coefficient (Wildman–Crippen LogP) is 2.94. The Kier molecular flexibility index (Phi) is 6.94. The Balaban J connectivity index is 0.00000180. The Labute approximate surface area is 126 Å². The fraction of sp³-hybridized carbons (Fsp3) is 0.571. The van der Waals surface area contributed by atoms with Gasteiger partial charge >= 0.3 is 0 Å². The van der Waals surface area contributed by atoms with Crippen LogP contribution in [0.25, 0.3) is 0 Å². The molecule has 1 fully saturated rings. The van der Waals surface area contributed by atoms with E-state index in [1.807, 2.05) is 19.1 Å². The third-order valence-corrected chi connectivity index (χ3v) is 3.70. The summed E-state index contributed by atoms with van der Waals surface area (Å²) in [5.41, 5.74) is 6.94. The lowest BCUT2D eigenvalue weighted by atomic mass is 10.1. The SMILES string of the molecule is CCOc1ccc(CN2CC[C@H](CN)C2)cc1Cl.Cl. The third kappa shape index (κ3) is 4.53. The average Bonchev–Trinajstić information content (AvgIpc) is 2.80. The standard InChI is InChI=1S/C14H21ClN2O.ClH/c1-2-18-14-4-3-11(7-13(14)15)9-17-6-5-12(8-16)10-17;/h3-4,7,12H,2,5-6,8-10,16H2,1H3;1H/t12-;/m1./s1. The molecule has 1 aliphatic rings. The molecular weight excluding hydrogens is 283 g/mol. The van der Waals surface area contributed by atoms with Crippen molar-refractivity contribution in [3.8, 4) is 5.75 Å². The first-order valence-electron chi connectivity index (χ1n) is 6.56. The van der Waals surface area contributed by atoms with E-state index in [1.54, 1.807) is 0 Å². The van der Waals surface area contributed by atoms with Crippen molar-refractivity contribution in [3.05, 3.63) is 28.8 Å². The van der Waals surface area contributed by atoms with Crippen molar-refractivity contribution in [2.75, 3.05) is 26.2 Å². The van der Waals surface area contributed by atoms with Crippen LogP contribution in [0.1, 0.15) is 18.9 Å². The lowest BCUT2D eigenvalue weighted by Crippen LogP contribution is -2.22. The first-order chi connectivity index (χ1) is 8.72. The van der Waals surface area contributed by atoms with Gasteiger partial charge in [0, 0.05) is 13.1 Å². The molecule has 2 rings (SSSR count). The number of rotatable bonds is 5. The van der Waals surface area contributed by atoms with Gasteiger partial charge in [0.15, 0.2) is 0 Å². The minimum atomic E-state index is 0. The number of hydrogen-bond donors (Lipinski definition) is 1. The number of ether oxygens (including phenoxy) is 1. The molecular formula is C14H22Cl2N2O.